The molecule has 0 N–H and O–H groups in total. The highest BCUT2D eigenvalue weighted by atomic mass is 79.9. The summed E-state index contributed by atoms with van der Waals surface area (Å²) in [5.74, 6) is 1.05. The predicted molar refractivity (Wildman–Crippen MR) is 86.0 cm³/mol. The van der Waals surface area contributed by atoms with Crippen molar-refractivity contribution in [1.82, 2.24) is 0 Å². The second-order valence-corrected chi connectivity index (χ2v) is 6.38. The third kappa shape index (κ3) is 5.75. The normalized spacial score (nSPS) is 10.7. The van der Waals surface area contributed by atoms with Crippen molar-refractivity contribution >= 4 is 31.9 Å². The minimum Gasteiger partial charge on any atom is -0.493 e. The molecule has 0 radical (unpaired) electrons. The molecule has 1 nitrogen and oxygen atoms in total. The molecule has 0 aliphatic carbocycles. The lowest BCUT2D eigenvalue weighted by Crippen LogP contribution is -2.00. The van der Waals surface area contributed by atoms with Crippen LogP contribution in [0, 0.1) is 13.8 Å². The number of halogens is 2. The van der Waals surface area contributed by atoms with Crippen LogP contribution in [0.5, 0.6) is 5.75 Å². The van der Waals surface area contributed by atoms with Gasteiger partial charge in [-0.2, -0.15) is 0 Å². The summed E-state index contributed by atoms with van der Waals surface area (Å²) in [5, 5.41) is 1.13. The Kier molecular flexibility index (Phi) is 8.00. The highest BCUT2D eigenvalue weighted by Gasteiger charge is 2.05. The fraction of sp³-hybridized carbons (Fsp3) is 0.600. The molecule has 0 atom stereocenters. The smallest absolute Gasteiger partial charge is 0.125 e. The first-order valence-corrected chi connectivity index (χ1v) is 8.52. The standard InChI is InChI=1S/C15H22Br2O/c1-12-10-14(17)11-13(2)15(12)18-9-7-5-3-4-6-8-16/h10-11H,3-9H2,1-2H3. The number of alkyl halides is 1. The maximum atomic E-state index is 5.90. The van der Waals surface area contributed by atoms with Crippen LogP contribution >= 0.6 is 31.9 Å². The molecule has 102 valence electrons. The molecule has 0 aliphatic heterocycles. The molecule has 0 amide bonds. The maximum absolute atomic E-state index is 5.90. The van der Waals surface area contributed by atoms with E-state index in [4.69, 9.17) is 4.74 Å². The van der Waals surface area contributed by atoms with Crippen LogP contribution in [0.1, 0.15) is 43.2 Å². The number of hydrogen-bond donors (Lipinski definition) is 0. The molecule has 0 heterocycles. The van der Waals surface area contributed by atoms with Crippen LogP contribution in [0.3, 0.4) is 0 Å². The topological polar surface area (TPSA) is 9.23 Å². The number of unbranched alkanes of at least 4 members (excludes halogenated alkanes) is 4. The minimum atomic E-state index is 0.831. The summed E-state index contributed by atoms with van der Waals surface area (Å²) in [5.41, 5.74) is 2.42. The lowest BCUT2D eigenvalue weighted by molar-refractivity contribution is 0.300. The zero-order valence-electron chi connectivity index (χ0n) is 11.3. The van der Waals surface area contributed by atoms with Gasteiger partial charge in [-0.25, -0.2) is 0 Å². The van der Waals surface area contributed by atoms with Gasteiger partial charge in [-0.15, -0.1) is 0 Å². The minimum absolute atomic E-state index is 0.831. The molecule has 0 fully saturated rings. The van der Waals surface area contributed by atoms with E-state index in [1.807, 2.05) is 0 Å². The molecule has 0 saturated heterocycles. The van der Waals surface area contributed by atoms with Gasteiger partial charge >= 0.3 is 0 Å². The average molecular weight is 378 g/mol. The van der Waals surface area contributed by atoms with Crippen molar-refractivity contribution in [3.63, 3.8) is 0 Å². The highest BCUT2D eigenvalue weighted by molar-refractivity contribution is 9.10. The molecule has 1 rings (SSSR count). The first-order chi connectivity index (χ1) is 8.65. The summed E-state index contributed by atoms with van der Waals surface area (Å²) in [4.78, 5) is 0. The number of ether oxygens (including phenoxy) is 1. The highest BCUT2D eigenvalue weighted by Crippen LogP contribution is 2.27. The summed E-state index contributed by atoms with van der Waals surface area (Å²) < 4.78 is 7.02. The summed E-state index contributed by atoms with van der Waals surface area (Å²) in [7, 11) is 0. The molecular formula is C15H22Br2O. The van der Waals surface area contributed by atoms with Gasteiger partial charge in [-0.3, -0.25) is 0 Å². The Bertz CT molecular complexity index is 341. The third-order valence-corrected chi connectivity index (χ3v) is 3.97. The Balaban J connectivity index is 2.27. The fourth-order valence-corrected chi connectivity index (χ4v) is 3.11. The third-order valence-electron chi connectivity index (χ3n) is 2.95. The Morgan fingerprint density at radius 2 is 1.50 bits per heavy atom. The molecule has 0 bridgehead atoms. The molecule has 0 aromatic heterocycles. The Hall–Kier alpha value is -0.0200. The molecule has 18 heavy (non-hydrogen) atoms. The molecule has 0 spiro atoms. The van der Waals surface area contributed by atoms with Gasteiger partial charge in [0.25, 0.3) is 0 Å². The zero-order valence-corrected chi connectivity index (χ0v) is 14.4. The Morgan fingerprint density at radius 3 is 2.11 bits per heavy atom. The van der Waals surface area contributed by atoms with Crippen LogP contribution in [-0.2, 0) is 0 Å². The Morgan fingerprint density at radius 1 is 0.944 bits per heavy atom. The molecule has 0 unspecified atom stereocenters. The molecule has 1 aromatic rings. The SMILES string of the molecule is Cc1cc(Br)cc(C)c1OCCCCCCCBr. The molecule has 3 heteroatoms. The van der Waals surface area contributed by atoms with E-state index in [0.29, 0.717) is 0 Å². The van der Waals surface area contributed by atoms with Crippen molar-refractivity contribution in [2.75, 3.05) is 11.9 Å². The van der Waals surface area contributed by atoms with Crippen molar-refractivity contribution in [3.8, 4) is 5.75 Å². The van der Waals surface area contributed by atoms with Gasteiger partial charge in [-0.1, -0.05) is 51.1 Å². The van der Waals surface area contributed by atoms with Crippen molar-refractivity contribution in [2.24, 2.45) is 0 Å². The van der Waals surface area contributed by atoms with E-state index in [9.17, 15) is 0 Å². The number of rotatable bonds is 8. The quantitative estimate of drug-likeness (QED) is 0.411. The van der Waals surface area contributed by atoms with Gasteiger partial charge in [0.1, 0.15) is 5.75 Å². The Labute approximate surface area is 128 Å². The average Bonchev–Trinajstić information content (AvgIpc) is 2.30. The summed E-state index contributed by atoms with van der Waals surface area (Å²) in [6.45, 7) is 5.03. The van der Waals surface area contributed by atoms with E-state index in [0.717, 1.165) is 28.6 Å². The summed E-state index contributed by atoms with van der Waals surface area (Å²) >= 11 is 6.96. The van der Waals surface area contributed by atoms with Gasteiger partial charge in [0.15, 0.2) is 0 Å². The first-order valence-electron chi connectivity index (χ1n) is 6.60. The number of aryl methyl sites for hydroxylation is 2. The van der Waals surface area contributed by atoms with Crippen LogP contribution < -0.4 is 4.74 Å². The van der Waals surface area contributed by atoms with Crippen molar-refractivity contribution in [2.45, 2.75) is 46.0 Å². The van der Waals surface area contributed by atoms with Gasteiger partial charge in [0.2, 0.25) is 0 Å². The van der Waals surface area contributed by atoms with E-state index in [1.54, 1.807) is 0 Å². The van der Waals surface area contributed by atoms with Crippen molar-refractivity contribution in [3.05, 3.63) is 27.7 Å². The second kappa shape index (κ2) is 8.98. The molecular weight excluding hydrogens is 356 g/mol. The molecule has 0 aliphatic rings. The van der Waals surface area contributed by atoms with E-state index in [2.05, 4.69) is 57.8 Å². The second-order valence-electron chi connectivity index (χ2n) is 4.67. The first kappa shape index (κ1) is 16.0. The summed E-state index contributed by atoms with van der Waals surface area (Å²) in [6, 6.07) is 4.22. The van der Waals surface area contributed by atoms with E-state index in [-0.39, 0.29) is 0 Å². The lowest BCUT2D eigenvalue weighted by Gasteiger charge is -2.12. The summed E-state index contributed by atoms with van der Waals surface area (Å²) in [6.07, 6.45) is 6.33. The van der Waals surface area contributed by atoms with Crippen LogP contribution in [-0.4, -0.2) is 11.9 Å². The molecule has 0 saturated carbocycles. The largest absolute Gasteiger partial charge is 0.493 e. The zero-order chi connectivity index (χ0) is 13.4. The monoisotopic (exact) mass is 376 g/mol. The van der Waals surface area contributed by atoms with Gasteiger partial charge in [0.05, 0.1) is 6.61 Å². The van der Waals surface area contributed by atoms with Gasteiger partial charge in [-0.05, 0) is 49.9 Å². The number of hydrogen-bond acceptors (Lipinski definition) is 1. The van der Waals surface area contributed by atoms with Crippen LogP contribution in [0.15, 0.2) is 16.6 Å². The van der Waals surface area contributed by atoms with Crippen molar-refractivity contribution < 1.29 is 4.74 Å². The van der Waals surface area contributed by atoms with Gasteiger partial charge in [0, 0.05) is 9.80 Å². The van der Waals surface area contributed by atoms with Crippen molar-refractivity contribution in [1.29, 1.82) is 0 Å². The van der Waals surface area contributed by atoms with E-state index in [1.165, 1.54) is 36.8 Å². The van der Waals surface area contributed by atoms with Crippen LogP contribution in [0.2, 0.25) is 0 Å². The van der Waals surface area contributed by atoms with Gasteiger partial charge < -0.3 is 4.74 Å². The lowest BCUT2D eigenvalue weighted by atomic mass is 10.1. The maximum Gasteiger partial charge on any atom is 0.125 e. The van der Waals surface area contributed by atoms with E-state index < -0.39 is 0 Å². The molecule has 1 aromatic carbocycles. The predicted octanol–water partition coefficient (Wildman–Crippen LogP) is 5.79. The number of benzene rings is 1. The van der Waals surface area contributed by atoms with Crippen LogP contribution in [0.4, 0.5) is 0 Å². The van der Waals surface area contributed by atoms with E-state index >= 15 is 0 Å². The van der Waals surface area contributed by atoms with Crippen LogP contribution in [0.25, 0.3) is 0 Å². The fourth-order valence-electron chi connectivity index (χ4n) is 2.03.